The van der Waals surface area contributed by atoms with E-state index in [1.165, 1.54) is 13.8 Å². The summed E-state index contributed by atoms with van der Waals surface area (Å²) in [6.07, 6.45) is -4.97. The molecule has 0 bridgehead atoms. The number of rotatable bonds is 47. The van der Waals surface area contributed by atoms with Crippen LogP contribution in [-0.2, 0) is 115 Å². The summed E-state index contributed by atoms with van der Waals surface area (Å²) in [5.41, 5.74) is 31.8. The number of aliphatic carboxylic acids is 2. The first-order valence-corrected chi connectivity index (χ1v) is 33.5. The van der Waals surface area contributed by atoms with E-state index in [1.807, 2.05) is 0 Å². The maximum absolute atomic E-state index is 14.1. The van der Waals surface area contributed by atoms with Crippen LogP contribution in [-0.4, -0.2) is 287 Å². The lowest BCUT2D eigenvalue weighted by Gasteiger charge is -2.29. The molecule has 604 valence electrons. The minimum atomic E-state index is -1.93. The van der Waals surface area contributed by atoms with Crippen LogP contribution >= 0.6 is 0 Å². The van der Waals surface area contributed by atoms with E-state index in [4.69, 9.17) is 39.5 Å². The first-order chi connectivity index (χ1) is 50.9. The van der Waals surface area contributed by atoms with Gasteiger partial charge in [-0.3, -0.25) is 115 Å². The third-order valence-electron chi connectivity index (χ3n) is 15.7. The second-order valence-corrected chi connectivity index (χ2v) is 24.8. The zero-order valence-electron chi connectivity index (χ0n) is 59.6. The average molecular weight is 1550 g/mol. The summed E-state index contributed by atoms with van der Waals surface area (Å²) in [5, 5.41) is 51.2. The van der Waals surface area contributed by atoms with Crippen LogP contribution < -0.4 is 114 Å². The molecule has 49 nitrogen and oxygen atoms in total. The molecule has 0 aromatic heterocycles. The molecule has 0 unspecified atom stereocenters. The van der Waals surface area contributed by atoms with Crippen LogP contribution in [0.4, 0.5) is 0 Å². The molecule has 49 heteroatoms. The van der Waals surface area contributed by atoms with Crippen molar-refractivity contribution in [2.75, 3.05) is 52.4 Å². The second-order valence-electron chi connectivity index (χ2n) is 24.8. The topological polar surface area (TPSA) is 793 Å². The number of nitrogens with one attached hydrogen (secondary N) is 15. The molecule has 12 atom stereocenters. The van der Waals surface area contributed by atoms with Crippen LogP contribution in [0, 0.1) is 0 Å². The SMILES string of the molecule is C[C@H](N)C(=O)N[C@@H](CC(N)=O)C(=O)NCC(=O)N[C@@H](C)C(=O)NCC(=O)N[C@@H](CC(N)=O)C(=O)N[C@@H](CCC(N)=O)C(=O)N1CCC[C@H]1C(=O)NCC(=O)N[C@@H](C)C(=O)N[C@@H](CC(N)=O)C(=O)NCC(=O)N[C@@H](C)C(=O)NCC(=O)N[C@@H](CC(=O)O)C(=O)N[C@@H](CCC(N)=O)C(=O)N1CCC[C@H]1C(=O)NCC(=O)O. The van der Waals surface area contributed by atoms with Crippen molar-refractivity contribution in [3.05, 3.63) is 0 Å². The van der Waals surface area contributed by atoms with Crippen molar-refractivity contribution in [2.24, 2.45) is 34.4 Å². The molecule has 0 aromatic rings. The molecule has 109 heavy (non-hydrogen) atoms. The predicted molar refractivity (Wildman–Crippen MR) is 364 cm³/mol. The van der Waals surface area contributed by atoms with Crippen LogP contribution in [0.25, 0.3) is 0 Å². The minimum Gasteiger partial charge on any atom is -0.481 e. The molecular formula is C60H93N23O26. The third-order valence-corrected chi connectivity index (χ3v) is 15.7. The minimum absolute atomic E-state index is 0.0224. The Morgan fingerprint density at radius 2 is 0.624 bits per heavy atom. The van der Waals surface area contributed by atoms with Gasteiger partial charge in [0.25, 0.3) is 0 Å². The van der Waals surface area contributed by atoms with Gasteiger partial charge in [0.15, 0.2) is 0 Å². The monoisotopic (exact) mass is 1550 g/mol. The Morgan fingerprint density at radius 3 is 0.954 bits per heavy atom. The van der Waals surface area contributed by atoms with Gasteiger partial charge in [-0.05, 0) is 66.2 Å². The number of hydrogen-bond acceptors (Lipinski definition) is 25. The molecule has 0 aliphatic carbocycles. The lowest BCUT2D eigenvalue weighted by atomic mass is 10.1. The molecule has 22 amide bonds. The van der Waals surface area contributed by atoms with E-state index >= 15 is 0 Å². The zero-order valence-corrected chi connectivity index (χ0v) is 59.6. The van der Waals surface area contributed by atoms with Crippen LogP contribution in [0.15, 0.2) is 0 Å². The standard InChI is InChI=1S/C60H93N23O26/c1-25(61)49(98)80-31(15-39(64)86)53(102)69-19-42(89)73-26(2)50(99)67-22-45(92)76-33(17-41(66)88)55(104)78-29(9-11-37(62)84)59(108)82-13-5-7-35(82)57(106)71-21-44(91)75-28(4)52(101)81-32(16-40(65)87)54(103)70-20-43(90)74-27(3)51(100)68-23-46(93)77-34(18-47(94)95)56(105)79-30(10-12-38(63)85)60(109)83-14-6-8-36(83)58(107)72-24-48(96)97/h25-36H,5-24,61H2,1-4H3,(H2,62,84)(H2,63,85)(H2,64,86)(H2,65,87)(H2,66,88)(H,67,99)(H,68,100)(H,69,102)(H,70,103)(H,71,106)(H,72,107)(H,73,89)(H,74,90)(H,75,91)(H,76,92)(H,77,93)(H,78,104)(H,79,105)(H,80,98)(H,81,101)(H,94,95)(H,96,97)/t25-,26-,27-,28-,29-,30-,31-,32-,33-,34-,35-,36-/m0/s1. The molecule has 0 spiro atoms. The molecule has 2 heterocycles. The van der Waals surface area contributed by atoms with Gasteiger partial charge in [0.2, 0.25) is 130 Å². The zero-order chi connectivity index (χ0) is 82.7. The van der Waals surface area contributed by atoms with Crippen molar-refractivity contribution in [3.63, 3.8) is 0 Å². The number of carboxylic acid groups (broad SMARTS) is 2. The maximum atomic E-state index is 14.1. The van der Waals surface area contributed by atoms with Gasteiger partial charge in [0.1, 0.15) is 73.0 Å². The summed E-state index contributed by atoms with van der Waals surface area (Å²) in [5.74, 6) is -25.8. The Bertz CT molecular complexity index is 3500. The highest BCUT2D eigenvalue weighted by Crippen LogP contribution is 2.22. The first kappa shape index (κ1) is 92.3. The van der Waals surface area contributed by atoms with E-state index in [0.717, 1.165) is 23.6 Å². The number of likely N-dealkylation sites (tertiary alicyclic amines) is 2. The van der Waals surface area contributed by atoms with Crippen LogP contribution in [0.2, 0.25) is 0 Å². The van der Waals surface area contributed by atoms with Gasteiger partial charge >= 0.3 is 11.9 Å². The first-order valence-electron chi connectivity index (χ1n) is 33.5. The fourth-order valence-corrected chi connectivity index (χ4v) is 10.2. The lowest BCUT2D eigenvalue weighted by Crippen LogP contribution is -2.58. The Balaban J connectivity index is 2.01. The van der Waals surface area contributed by atoms with Gasteiger partial charge in [-0.15, -0.1) is 0 Å². The summed E-state index contributed by atoms with van der Waals surface area (Å²) < 4.78 is 0. The normalized spacial score (nSPS) is 16.2. The van der Waals surface area contributed by atoms with Crippen LogP contribution in [0.3, 0.4) is 0 Å². The van der Waals surface area contributed by atoms with Crippen molar-refractivity contribution in [2.45, 2.75) is 177 Å². The molecule has 0 saturated carbocycles. The van der Waals surface area contributed by atoms with Crippen LogP contribution in [0.1, 0.15) is 105 Å². The molecular weight excluding hydrogens is 1460 g/mol. The van der Waals surface area contributed by atoms with E-state index in [-0.39, 0.29) is 38.8 Å². The highest BCUT2D eigenvalue weighted by molar-refractivity contribution is 6.02. The molecule has 2 saturated heterocycles. The van der Waals surface area contributed by atoms with Crippen molar-refractivity contribution < 1.29 is 125 Å². The van der Waals surface area contributed by atoms with Crippen molar-refractivity contribution in [1.29, 1.82) is 0 Å². The number of carbonyl (C=O) groups excluding carboxylic acids is 22. The van der Waals surface area contributed by atoms with Crippen LogP contribution in [0.5, 0.6) is 0 Å². The van der Waals surface area contributed by atoms with Gasteiger partial charge in [-0.25, -0.2) is 0 Å². The lowest BCUT2D eigenvalue weighted by molar-refractivity contribution is -0.144. The summed E-state index contributed by atoms with van der Waals surface area (Å²) in [6, 6.07) is -18.4. The molecule has 2 rings (SSSR count). The molecule has 2 aliphatic rings. The second kappa shape index (κ2) is 45.6. The van der Waals surface area contributed by atoms with Gasteiger partial charge < -0.3 is 134 Å². The number of nitrogens with zero attached hydrogens (tertiary/aromatic N) is 2. The summed E-state index contributed by atoms with van der Waals surface area (Å²) in [7, 11) is 0. The summed E-state index contributed by atoms with van der Waals surface area (Å²) in [4.78, 5) is 306. The number of hydrogen-bond donors (Lipinski definition) is 23. The van der Waals surface area contributed by atoms with Gasteiger partial charge in [0.05, 0.1) is 64.4 Å². The van der Waals surface area contributed by atoms with Crippen molar-refractivity contribution in [3.8, 4) is 0 Å². The van der Waals surface area contributed by atoms with Gasteiger partial charge in [-0.2, -0.15) is 0 Å². The number of carboxylic acids is 2. The van der Waals surface area contributed by atoms with E-state index in [0.29, 0.717) is 0 Å². The maximum Gasteiger partial charge on any atom is 0.322 e. The number of carbonyl (C=O) groups is 24. The average Bonchev–Trinajstić information content (AvgIpc) is 1.73. The van der Waals surface area contributed by atoms with E-state index in [9.17, 15) is 120 Å². The Hall–Kier alpha value is -12.8. The van der Waals surface area contributed by atoms with Crippen molar-refractivity contribution in [1.82, 2.24) is 89.6 Å². The molecule has 2 aliphatic heterocycles. The summed E-state index contributed by atoms with van der Waals surface area (Å²) >= 11 is 0. The number of nitrogens with two attached hydrogens (primary N) is 6. The van der Waals surface area contributed by atoms with E-state index < -0.39 is 305 Å². The molecule has 29 N–H and O–H groups in total. The highest BCUT2D eigenvalue weighted by atomic mass is 16.4. The molecule has 2 fully saturated rings. The van der Waals surface area contributed by atoms with E-state index in [2.05, 4.69) is 79.8 Å². The highest BCUT2D eigenvalue weighted by Gasteiger charge is 2.42. The largest absolute Gasteiger partial charge is 0.481 e. The Labute approximate surface area is 619 Å². The Morgan fingerprint density at radius 1 is 0.330 bits per heavy atom. The molecule has 0 aromatic carbocycles. The number of primary amides is 5. The molecule has 0 radical (unpaired) electrons. The van der Waals surface area contributed by atoms with Crippen molar-refractivity contribution >= 4 is 142 Å². The van der Waals surface area contributed by atoms with Gasteiger partial charge in [0, 0.05) is 25.9 Å². The quantitative estimate of drug-likeness (QED) is 0.0269. The van der Waals surface area contributed by atoms with Gasteiger partial charge in [-0.1, -0.05) is 0 Å². The fourth-order valence-electron chi connectivity index (χ4n) is 10.2. The summed E-state index contributed by atoms with van der Waals surface area (Å²) in [6.45, 7) is -0.640. The Kier molecular flexibility index (Phi) is 38.6. The van der Waals surface area contributed by atoms with E-state index in [1.54, 1.807) is 0 Å². The predicted octanol–water partition coefficient (Wildman–Crippen LogP) is -15.8. The fraction of sp³-hybridized carbons (Fsp3) is 0.600. The smallest absolute Gasteiger partial charge is 0.322 e. The number of amides is 22. The third kappa shape index (κ3) is 34.4.